The van der Waals surface area contributed by atoms with Gasteiger partial charge >= 0.3 is 0 Å². The first-order chi connectivity index (χ1) is 9.11. The minimum atomic E-state index is 0.0157. The number of thiophene rings is 1. The van der Waals surface area contributed by atoms with Gasteiger partial charge in [0.1, 0.15) is 0 Å². The topological polar surface area (TPSA) is 33.2 Å². The first-order valence-corrected chi connectivity index (χ1v) is 8.16. The number of hydrogen-bond acceptors (Lipinski definition) is 3. The van der Waals surface area contributed by atoms with Crippen LogP contribution in [0.1, 0.15) is 23.0 Å². The molecule has 0 aliphatic heterocycles. The molecule has 0 unspecified atom stereocenters. The van der Waals surface area contributed by atoms with Gasteiger partial charge in [0.25, 0.3) is 5.91 Å². The van der Waals surface area contributed by atoms with Crippen LogP contribution in [0, 0.1) is 0 Å². The van der Waals surface area contributed by atoms with Crippen LogP contribution in [-0.4, -0.2) is 22.3 Å². The minimum Gasteiger partial charge on any atom is -0.333 e. The molecule has 2 heterocycles. The molecule has 0 aliphatic rings. The summed E-state index contributed by atoms with van der Waals surface area (Å²) in [4.78, 5) is 18.5. The van der Waals surface area contributed by atoms with Crippen LogP contribution in [-0.2, 0) is 6.54 Å². The summed E-state index contributed by atoms with van der Waals surface area (Å²) in [7, 11) is 0. The molecule has 0 aliphatic carbocycles. The lowest BCUT2D eigenvalue weighted by Crippen LogP contribution is -2.30. The number of rotatable bonds is 4. The number of halogens is 2. The first kappa shape index (κ1) is 14.7. The summed E-state index contributed by atoms with van der Waals surface area (Å²) in [6, 6.07) is 7.57. The van der Waals surface area contributed by atoms with Gasteiger partial charge in [0.2, 0.25) is 0 Å². The third-order valence-electron chi connectivity index (χ3n) is 2.64. The zero-order chi connectivity index (χ0) is 13.8. The van der Waals surface area contributed by atoms with Crippen molar-refractivity contribution in [2.45, 2.75) is 13.5 Å². The lowest BCUT2D eigenvalue weighted by molar-refractivity contribution is 0.0750. The predicted molar refractivity (Wildman–Crippen MR) is 84.4 cm³/mol. The third-order valence-corrected chi connectivity index (χ3v) is 4.97. The Kier molecular flexibility index (Phi) is 5.13. The van der Waals surface area contributed by atoms with Gasteiger partial charge in [-0.2, -0.15) is 0 Å². The van der Waals surface area contributed by atoms with Crippen molar-refractivity contribution in [2.24, 2.45) is 0 Å². The van der Waals surface area contributed by atoms with Crippen LogP contribution in [0.3, 0.4) is 0 Å². The Morgan fingerprint density at radius 1 is 1.42 bits per heavy atom. The van der Waals surface area contributed by atoms with Crippen LogP contribution in [0.4, 0.5) is 0 Å². The van der Waals surface area contributed by atoms with E-state index in [1.165, 1.54) is 11.3 Å². The number of nitrogens with zero attached hydrogens (tertiary/aromatic N) is 2. The highest BCUT2D eigenvalue weighted by molar-refractivity contribution is 9.12. The van der Waals surface area contributed by atoms with Gasteiger partial charge in [0, 0.05) is 12.7 Å². The van der Waals surface area contributed by atoms with Crippen LogP contribution in [0.2, 0.25) is 0 Å². The summed E-state index contributed by atoms with van der Waals surface area (Å²) in [6.45, 7) is 3.14. The SMILES string of the molecule is CCN(Cc1ccccn1)C(=O)c1cc(Br)sc1Br. The molecule has 0 fully saturated rings. The lowest BCUT2D eigenvalue weighted by atomic mass is 10.2. The standard InChI is InChI=1S/C13H12Br2N2OS/c1-2-17(8-9-5-3-4-6-16-9)13(18)10-7-11(14)19-12(10)15/h3-7H,2,8H2,1H3. The normalized spacial score (nSPS) is 10.5. The molecule has 100 valence electrons. The largest absolute Gasteiger partial charge is 0.333 e. The summed E-state index contributed by atoms with van der Waals surface area (Å²) in [5.74, 6) is 0.0157. The van der Waals surface area contributed by atoms with E-state index in [0.29, 0.717) is 18.7 Å². The number of carbonyl (C=O) groups is 1. The second-order valence-corrected chi connectivity index (χ2v) is 7.63. The molecule has 0 saturated heterocycles. The third kappa shape index (κ3) is 3.64. The number of hydrogen-bond donors (Lipinski definition) is 0. The van der Waals surface area contributed by atoms with Crippen molar-refractivity contribution >= 4 is 49.1 Å². The Labute approximate surface area is 132 Å². The fourth-order valence-corrected chi connectivity index (χ4v) is 4.45. The van der Waals surface area contributed by atoms with Crippen LogP contribution in [0.15, 0.2) is 38.0 Å². The van der Waals surface area contributed by atoms with Gasteiger partial charge in [0.15, 0.2) is 0 Å². The molecule has 19 heavy (non-hydrogen) atoms. The number of amides is 1. The van der Waals surface area contributed by atoms with E-state index in [1.54, 1.807) is 11.1 Å². The molecule has 1 amide bonds. The maximum atomic E-state index is 12.5. The summed E-state index contributed by atoms with van der Waals surface area (Å²) in [5, 5.41) is 0. The molecule has 0 atom stereocenters. The van der Waals surface area contributed by atoms with Crippen molar-refractivity contribution in [2.75, 3.05) is 6.54 Å². The van der Waals surface area contributed by atoms with E-state index >= 15 is 0 Å². The van der Waals surface area contributed by atoms with E-state index in [-0.39, 0.29) is 5.91 Å². The van der Waals surface area contributed by atoms with Crippen LogP contribution in [0.5, 0.6) is 0 Å². The molecule has 6 heteroatoms. The minimum absolute atomic E-state index is 0.0157. The maximum Gasteiger partial charge on any atom is 0.256 e. The number of pyridine rings is 1. The molecule has 0 radical (unpaired) electrons. The molecular formula is C13H12Br2N2OS. The molecule has 0 aromatic carbocycles. The highest BCUT2D eigenvalue weighted by Crippen LogP contribution is 2.32. The van der Waals surface area contributed by atoms with Crippen LogP contribution in [0.25, 0.3) is 0 Å². The van der Waals surface area contributed by atoms with Crippen molar-refractivity contribution in [3.63, 3.8) is 0 Å². The number of aromatic nitrogens is 1. The van der Waals surface area contributed by atoms with Gasteiger partial charge in [-0.15, -0.1) is 11.3 Å². The summed E-state index contributed by atoms with van der Waals surface area (Å²) < 4.78 is 1.79. The summed E-state index contributed by atoms with van der Waals surface area (Å²) >= 11 is 8.32. The summed E-state index contributed by atoms with van der Waals surface area (Å²) in [5.41, 5.74) is 1.58. The molecular weight excluding hydrogens is 392 g/mol. The monoisotopic (exact) mass is 402 g/mol. The van der Waals surface area contributed by atoms with Gasteiger partial charge in [-0.3, -0.25) is 9.78 Å². The van der Waals surface area contributed by atoms with Gasteiger partial charge in [-0.1, -0.05) is 6.07 Å². The zero-order valence-corrected chi connectivity index (χ0v) is 14.3. The second-order valence-electron chi connectivity index (χ2n) is 3.88. The van der Waals surface area contributed by atoms with Crippen molar-refractivity contribution in [3.05, 3.63) is 49.3 Å². The Morgan fingerprint density at radius 3 is 2.74 bits per heavy atom. The van der Waals surface area contributed by atoms with E-state index in [0.717, 1.165) is 13.3 Å². The molecule has 0 spiro atoms. The molecule has 3 nitrogen and oxygen atoms in total. The Balaban J connectivity index is 2.18. The molecule has 2 rings (SSSR count). The van der Waals surface area contributed by atoms with E-state index in [2.05, 4.69) is 36.8 Å². The molecule has 0 N–H and O–H groups in total. The molecule has 0 bridgehead atoms. The van der Waals surface area contributed by atoms with Gasteiger partial charge in [0.05, 0.1) is 25.4 Å². The Morgan fingerprint density at radius 2 is 2.21 bits per heavy atom. The van der Waals surface area contributed by atoms with Crippen molar-refractivity contribution < 1.29 is 4.79 Å². The van der Waals surface area contributed by atoms with E-state index in [9.17, 15) is 4.79 Å². The molecule has 2 aromatic rings. The fourth-order valence-electron chi connectivity index (χ4n) is 1.67. The van der Waals surface area contributed by atoms with E-state index in [4.69, 9.17) is 0 Å². The smallest absolute Gasteiger partial charge is 0.256 e. The molecule has 2 aromatic heterocycles. The van der Waals surface area contributed by atoms with Crippen LogP contribution >= 0.6 is 43.2 Å². The van der Waals surface area contributed by atoms with E-state index < -0.39 is 0 Å². The Hall–Kier alpha value is -0.720. The summed E-state index contributed by atoms with van der Waals surface area (Å²) in [6.07, 6.45) is 1.74. The average molecular weight is 404 g/mol. The van der Waals surface area contributed by atoms with Gasteiger partial charge < -0.3 is 4.90 Å². The number of carbonyl (C=O) groups excluding carboxylic acids is 1. The predicted octanol–water partition coefficient (Wildman–Crippen LogP) is 4.33. The quantitative estimate of drug-likeness (QED) is 0.760. The van der Waals surface area contributed by atoms with Crippen LogP contribution < -0.4 is 0 Å². The van der Waals surface area contributed by atoms with Crippen molar-refractivity contribution in [1.82, 2.24) is 9.88 Å². The van der Waals surface area contributed by atoms with Crippen molar-refractivity contribution in [1.29, 1.82) is 0 Å². The maximum absolute atomic E-state index is 12.5. The average Bonchev–Trinajstić information content (AvgIpc) is 2.75. The highest BCUT2D eigenvalue weighted by atomic mass is 79.9. The van der Waals surface area contributed by atoms with E-state index in [1.807, 2.05) is 31.2 Å². The second kappa shape index (κ2) is 6.63. The lowest BCUT2D eigenvalue weighted by Gasteiger charge is -2.20. The van der Waals surface area contributed by atoms with Crippen molar-refractivity contribution in [3.8, 4) is 0 Å². The zero-order valence-electron chi connectivity index (χ0n) is 10.3. The fraction of sp³-hybridized carbons (Fsp3) is 0.231. The van der Waals surface area contributed by atoms with Gasteiger partial charge in [-0.25, -0.2) is 0 Å². The molecule has 0 saturated carbocycles. The highest BCUT2D eigenvalue weighted by Gasteiger charge is 2.19. The first-order valence-electron chi connectivity index (χ1n) is 5.75. The van der Waals surface area contributed by atoms with Gasteiger partial charge in [-0.05, 0) is 57.0 Å². The Bertz CT molecular complexity index is 571.